The minimum absolute atomic E-state index is 0.00839. The Balaban J connectivity index is 1.66. The second kappa shape index (κ2) is 9.53. The number of sulfonamides is 1. The summed E-state index contributed by atoms with van der Waals surface area (Å²) in [6, 6.07) is 12.3. The first kappa shape index (κ1) is 24.2. The zero-order chi connectivity index (χ0) is 26.2. The van der Waals surface area contributed by atoms with E-state index in [0.29, 0.717) is 50.5 Å². The average Bonchev–Trinajstić information content (AvgIpc) is 3.70. The average molecular weight is 518 g/mol. The van der Waals surface area contributed by atoms with Crippen molar-refractivity contribution in [1.82, 2.24) is 19.7 Å². The van der Waals surface area contributed by atoms with Crippen LogP contribution in [0, 0.1) is 11.3 Å². The van der Waals surface area contributed by atoms with E-state index >= 15 is 0 Å². The van der Waals surface area contributed by atoms with Crippen molar-refractivity contribution in [3.63, 3.8) is 0 Å². The van der Waals surface area contributed by atoms with Gasteiger partial charge in [-0.05, 0) is 42.7 Å². The van der Waals surface area contributed by atoms with E-state index in [2.05, 4.69) is 31.1 Å². The van der Waals surface area contributed by atoms with E-state index in [1.54, 1.807) is 42.6 Å². The summed E-state index contributed by atoms with van der Waals surface area (Å²) in [5.74, 6) is 0.321. The van der Waals surface area contributed by atoms with Crippen LogP contribution in [0.1, 0.15) is 18.4 Å². The highest BCUT2D eigenvalue weighted by Crippen LogP contribution is 2.37. The van der Waals surface area contributed by atoms with E-state index in [9.17, 15) is 13.7 Å². The molecule has 1 saturated carbocycles. The zero-order valence-corrected chi connectivity index (χ0v) is 20.8. The van der Waals surface area contributed by atoms with Crippen LogP contribution in [0.15, 0.2) is 53.7 Å². The predicted octanol–water partition coefficient (Wildman–Crippen LogP) is 3.35. The van der Waals surface area contributed by atoms with Crippen LogP contribution < -0.4 is 25.2 Å². The molecular weight excluding hydrogens is 494 g/mol. The van der Waals surface area contributed by atoms with Crippen molar-refractivity contribution in [1.29, 1.82) is 5.26 Å². The van der Waals surface area contributed by atoms with Gasteiger partial charge in [0.05, 0.1) is 42.6 Å². The molecule has 2 aromatic heterocycles. The van der Waals surface area contributed by atoms with E-state index in [0.717, 1.165) is 12.8 Å². The Labute approximate surface area is 213 Å². The number of hydrogen-bond donors (Lipinski definition) is 3. The van der Waals surface area contributed by atoms with Crippen LogP contribution >= 0.6 is 0 Å². The summed E-state index contributed by atoms with van der Waals surface area (Å²) in [6.45, 7) is 0. The fraction of sp³-hybridized carbons (Fsp3) is 0.200. The van der Waals surface area contributed by atoms with Gasteiger partial charge in [0.1, 0.15) is 4.90 Å². The van der Waals surface area contributed by atoms with Gasteiger partial charge in [0.15, 0.2) is 0 Å². The predicted molar refractivity (Wildman–Crippen MR) is 138 cm³/mol. The molecule has 12 heteroatoms. The number of nitrogens with zero attached hydrogens (tertiary/aromatic N) is 4. The van der Waals surface area contributed by atoms with Crippen molar-refractivity contribution in [3.8, 4) is 29.1 Å². The molecule has 11 nitrogen and oxygen atoms in total. The molecule has 0 atom stereocenters. The third-order valence-corrected chi connectivity index (χ3v) is 7.33. The molecule has 188 valence electrons. The summed E-state index contributed by atoms with van der Waals surface area (Å²) >= 11 is 0. The van der Waals surface area contributed by atoms with Crippen LogP contribution in [0.5, 0.6) is 11.9 Å². The van der Waals surface area contributed by atoms with Crippen LogP contribution in [0.3, 0.4) is 0 Å². The van der Waals surface area contributed by atoms with Gasteiger partial charge in [0.2, 0.25) is 15.9 Å². The van der Waals surface area contributed by atoms with Gasteiger partial charge in [-0.3, -0.25) is 4.98 Å². The second-order valence-corrected chi connectivity index (χ2v) is 10.2. The number of nitrogens with two attached hydrogens (primary N) is 1. The van der Waals surface area contributed by atoms with Crippen LogP contribution in [0.25, 0.3) is 22.0 Å². The van der Waals surface area contributed by atoms with Gasteiger partial charge in [-0.1, -0.05) is 12.1 Å². The highest BCUT2D eigenvalue weighted by atomic mass is 32.2. The van der Waals surface area contributed by atoms with Crippen molar-refractivity contribution < 1.29 is 17.9 Å². The minimum atomic E-state index is -3.87. The normalized spacial score (nSPS) is 13.2. The van der Waals surface area contributed by atoms with Gasteiger partial charge >= 0.3 is 6.01 Å². The highest BCUT2D eigenvalue weighted by molar-refractivity contribution is 7.89. The molecule has 0 radical (unpaired) electrons. The summed E-state index contributed by atoms with van der Waals surface area (Å²) in [6.07, 6.45) is 4.48. The lowest BCUT2D eigenvalue weighted by Gasteiger charge is -2.17. The Morgan fingerprint density at radius 2 is 1.89 bits per heavy atom. The van der Waals surface area contributed by atoms with Gasteiger partial charge in [-0.25, -0.2) is 18.1 Å². The maximum atomic E-state index is 13.2. The highest BCUT2D eigenvalue weighted by Gasteiger charge is 2.30. The van der Waals surface area contributed by atoms with Crippen molar-refractivity contribution in [2.45, 2.75) is 23.8 Å². The summed E-state index contributed by atoms with van der Waals surface area (Å²) in [5, 5.41) is 13.1. The van der Waals surface area contributed by atoms with E-state index in [1.807, 2.05) is 0 Å². The molecule has 0 bridgehead atoms. The van der Waals surface area contributed by atoms with Crippen molar-refractivity contribution >= 4 is 38.0 Å². The lowest BCUT2D eigenvalue weighted by atomic mass is 10.0. The Morgan fingerprint density at radius 1 is 1.08 bits per heavy atom. The molecule has 2 heterocycles. The number of rotatable bonds is 8. The van der Waals surface area contributed by atoms with Gasteiger partial charge < -0.3 is 20.5 Å². The third-order valence-electron chi connectivity index (χ3n) is 5.80. The van der Waals surface area contributed by atoms with E-state index < -0.39 is 10.0 Å². The third kappa shape index (κ3) is 4.95. The minimum Gasteiger partial charge on any atom is -0.480 e. The lowest BCUT2D eigenvalue weighted by Crippen LogP contribution is -2.26. The number of nitrogens with one attached hydrogen (secondary N) is 2. The Kier molecular flexibility index (Phi) is 6.24. The van der Waals surface area contributed by atoms with Crippen LogP contribution in [-0.4, -0.2) is 43.6 Å². The van der Waals surface area contributed by atoms with E-state index in [-0.39, 0.29) is 16.9 Å². The number of ether oxygens (including phenoxy) is 2. The standard InChI is InChI=1S/C25H23N7O4S/c1-35-24-20(12-29-25(31-24)36-2)15-3-6-19-21(9-15)28-13-22(37(33,34)32-17-4-5-17)23(19)30-18-8-14(11-26)7-16(27)10-18/h3,6-10,12-13,17,32H,4-5,27H2,1-2H3,(H,28,30). The van der Waals surface area contributed by atoms with Gasteiger partial charge in [-0.2, -0.15) is 10.2 Å². The van der Waals surface area contributed by atoms with Gasteiger partial charge in [0.25, 0.3) is 0 Å². The van der Waals surface area contributed by atoms with Crippen molar-refractivity contribution in [2.24, 2.45) is 0 Å². The lowest BCUT2D eigenvalue weighted by molar-refractivity contribution is 0.353. The quantitative estimate of drug-likeness (QED) is 0.295. The SMILES string of the molecule is COc1ncc(-c2ccc3c(Nc4cc(N)cc(C#N)c4)c(S(=O)(=O)NC4CC4)cnc3c2)c(OC)n1. The summed E-state index contributed by atoms with van der Waals surface area (Å²) in [4.78, 5) is 12.9. The maximum Gasteiger partial charge on any atom is 0.319 e. The smallest absolute Gasteiger partial charge is 0.319 e. The number of pyridine rings is 1. The Bertz CT molecular complexity index is 1660. The number of hydrogen-bond acceptors (Lipinski definition) is 10. The number of nitriles is 1. The summed E-state index contributed by atoms with van der Waals surface area (Å²) in [5.41, 5.74) is 9.32. The van der Waals surface area contributed by atoms with Gasteiger partial charge in [0, 0.05) is 35.2 Å². The second-order valence-electron chi connectivity index (χ2n) is 8.49. The number of anilines is 3. The fourth-order valence-corrected chi connectivity index (χ4v) is 5.32. The first-order valence-corrected chi connectivity index (χ1v) is 12.8. The van der Waals surface area contributed by atoms with Crippen molar-refractivity contribution in [2.75, 3.05) is 25.3 Å². The first-order chi connectivity index (χ1) is 17.8. The van der Waals surface area contributed by atoms with Crippen LogP contribution in [0.4, 0.5) is 17.1 Å². The molecule has 0 amide bonds. The molecule has 4 aromatic rings. The molecule has 4 N–H and O–H groups in total. The Hall–Kier alpha value is -4.47. The molecule has 0 saturated heterocycles. The van der Waals surface area contributed by atoms with Gasteiger partial charge in [-0.15, -0.1) is 0 Å². The fourth-order valence-electron chi connectivity index (χ4n) is 3.90. The molecule has 2 aromatic carbocycles. The molecule has 0 aliphatic heterocycles. The monoisotopic (exact) mass is 517 g/mol. The zero-order valence-electron chi connectivity index (χ0n) is 20.0. The topological polar surface area (TPSA) is 165 Å². The number of aromatic nitrogens is 3. The first-order valence-electron chi connectivity index (χ1n) is 11.3. The van der Waals surface area contributed by atoms with E-state index in [4.69, 9.17) is 15.2 Å². The number of benzene rings is 2. The summed E-state index contributed by atoms with van der Waals surface area (Å²) in [7, 11) is -0.908. The molecular formula is C25H23N7O4S. The molecule has 0 spiro atoms. The molecule has 5 rings (SSSR count). The maximum absolute atomic E-state index is 13.2. The number of nitrogen functional groups attached to an aromatic ring is 1. The van der Waals surface area contributed by atoms with Crippen molar-refractivity contribution in [3.05, 3.63) is 54.4 Å². The van der Waals surface area contributed by atoms with E-state index in [1.165, 1.54) is 20.4 Å². The number of fused-ring (bicyclic) bond motifs is 1. The molecule has 1 aliphatic carbocycles. The van der Waals surface area contributed by atoms with Crippen LogP contribution in [0.2, 0.25) is 0 Å². The molecule has 0 unspecified atom stereocenters. The molecule has 1 fully saturated rings. The molecule has 1 aliphatic rings. The van der Waals surface area contributed by atoms with Crippen LogP contribution in [-0.2, 0) is 10.0 Å². The largest absolute Gasteiger partial charge is 0.480 e. The number of methoxy groups -OCH3 is 2. The molecule has 37 heavy (non-hydrogen) atoms. The summed E-state index contributed by atoms with van der Waals surface area (Å²) < 4.78 is 39.7. The Morgan fingerprint density at radius 3 is 2.59 bits per heavy atom.